The van der Waals surface area contributed by atoms with Gasteiger partial charge in [-0.2, -0.15) is 0 Å². The predicted molar refractivity (Wildman–Crippen MR) is 109 cm³/mol. The molecule has 0 bridgehead atoms. The van der Waals surface area contributed by atoms with Crippen LogP contribution in [0.3, 0.4) is 0 Å². The van der Waals surface area contributed by atoms with Gasteiger partial charge >= 0.3 is 0 Å². The number of hydrogen-bond acceptors (Lipinski definition) is 2. The largest absolute Gasteiger partial charge is 0.417 e. The highest BCUT2D eigenvalue weighted by Gasteiger charge is 2.28. The fourth-order valence-corrected chi connectivity index (χ4v) is 7.21. The number of hydrogen-bond donors (Lipinski definition) is 1. The van der Waals surface area contributed by atoms with Crippen molar-refractivity contribution in [2.75, 3.05) is 6.61 Å². The van der Waals surface area contributed by atoms with Crippen molar-refractivity contribution < 1.29 is 9.53 Å². The molecule has 0 amide bonds. The molecule has 0 aromatic carbocycles. The van der Waals surface area contributed by atoms with Crippen molar-refractivity contribution in [2.24, 2.45) is 0 Å². The Morgan fingerprint density at radius 3 is 2.09 bits per heavy atom. The van der Waals surface area contributed by atoms with Gasteiger partial charge in [0.1, 0.15) is 0 Å². The normalized spacial score (nSPS) is 14.9. The smallest absolute Gasteiger partial charge is 0.191 e. The van der Waals surface area contributed by atoms with Gasteiger partial charge < -0.3 is 9.53 Å². The third kappa shape index (κ3) is 9.65. The lowest BCUT2D eigenvalue weighted by molar-refractivity contribution is 0.257. The van der Waals surface area contributed by atoms with Crippen molar-refractivity contribution in [1.29, 1.82) is 0 Å². The van der Waals surface area contributed by atoms with Crippen LogP contribution in [0, 0.1) is 0 Å². The third-order valence-electron chi connectivity index (χ3n) is 4.67. The first-order chi connectivity index (χ1) is 10.6. The summed E-state index contributed by atoms with van der Waals surface area (Å²) in [7, 11) is -2.65. The zero-order valence-electron chi connectivity index (χ0n) is 16.7. The van der Waals surface area contributed by atoms with Crippen LogP contribution >= 0.6 is 0 Å². The number of rotatable bonds is 12. The molecule has 1 unspecified atom stereocenters. The minimum atomic E-state index is -1.44. The Morgan fingerprint density at radius 1 is 1.13 bits per heavy atom. The SMILES string of the molecule is C=C(C[Si](C)(C)C)C(O)/C=C(\C)CCCO[Si](CC)(CC)CC. The van der Waals surface area contributed by atoms with Crippen LogP contribution in [0.4, 0.5) is 0 Å². The van der Waals surface area contributed by atoms with E-state index in [1.54, 1.807) is 0 Å². The van der Waals surface area contributed by atoms with Gasteiger partial charge in [0.15, 0.2) is 8.32 Å². The van der Waals surface area contributed by atoms with E-state index in [-0.39, 0.29) is 0 Å². The summed E-state index contributed by atoms with van der Waals surface area (Å²) in [6, 6.07) is 4.62. The van der Waals surface area contributed by atoms with E-state index < -0.39 is 22.5 Å². The maximum absolute atomic E-state index is 10.3. The summed E-state index contributed by atoms with van der Waals surface area (Å²) >= 11 is 0. The first-order valence-corrected chi connectivity index (χ1v) is 15.5. The summed E-state index contributed by atoms with van der Waals surface area (Å²) in [6.07, 6.45) is 3.54. The van der Waals surface area contributed by atoms with Crippen LogP contribution in [-0.4, -0.2) is 34.2 Å². The lowest BCUT2D eigenvalue weighted by Crippen LogP contribution is -2.36. The summed E-state index contributed by atoms with van der Waals surface area (Å²) in [4.78, 5) is 0. The Hall–Kier alpha value is -0.166. The minimum absolute atomic E-state index is 0.488. The summed E-state index contributed by atoms with van der Waals surface area (Å²) in [5.41, 5.74) is 2.21. The second-order valence-electron chi connectivity index (χ2n) is 8.05. The quantitative estimate of drug-likeness (QED) is 0.264. The molecule has 0 aliphatic heterocycles. The monoisotopic (exact) mass is 356 g/mol. The molecule has 136 valence electrons. The number of allylic oxidation sites excluding steroid dienone is 1. The maximum atomic E-state index is 10.3. The molecule has 0 fully saturated rings. The van der Waals surface area contributed by atoms with Gasteiger partial charge in [-0.25, -0.2) is 0 Å². The van der Waals surface area contributed by atoms with Crippen molar-refractivity contribution in [2.45, 2.75) is 90.5 Å². The molecule has 0 saturated heterocycles. The van der Waals surface area contributed by atoms with Gasteiger partial charge in [-0.3, -0.25) is 0 Å². The first kappa shape index (κ1) is 22.8. The highest BCUT2D eigenvalue weighted by molar-refractivity contribution is 6.76. The fourth-order valence-electron chi connectivity index (χ4n) is 2.95. The first-order valence-electron chi connectivity index (χ1n) is 9.26. The molecule has 0 aliphatic rings. The van der Waals surface area contributed by atoms with E-state index in [0.29, 0.717) is 0 Å². The molecule has 0 aromatic heterocycles. The van der Waals surface area contributed by atoms with Gasteiger partial charge in [-0.15, -0.1) is 0 Å². The predicted octanol–water partition coefficient (Wildman–Crippen LogP) is 5.99. The van der Waals surface area contributed by atoms with Crippen LogP contribution in [0.5, 0.6) is 0 Å². The molecule has 4 heteroatoms. The minimum Gasteiger partial charge on any atom is -0.417 e. The van der Waals surface area contributed by atoms with Gasteiger partial charge in [0.25, 0.3) is 0 Å². The Balaban J connectivity index is 4.28. The van der Waals surface area contributed by atoms with E-state index in [2.05, 4.69) is 53.9 Å². The van der Waals surface area contributed by atoms with Gasteiger partial charge in [-0.05, 0) is 49.5 Å². The van der Waals surface area contributed by atoms with E-state index in [1.807, 2.05) is 6.08 Å². The molecule has 1 N–H and O–H groups in total. The molecular formula is C19H40O2Si2. The molecule has 0 rings (SSSR count). The molecule has 0 heterocycles. The van der Waals surface area contributed by atoms with E-state index in [9.17, 15) is 5.11 Å². The summed E-state index contributed by atoms with van der Waals surface area (Å²) < 4.78 is 6.28. The summed E-state index contributed by atoms with van der Waals surface area (Å²) in [6.45, 7) is 20.8. The van der Waals surface area contributed by atoms with Crippen molar-refractivity contribution in [3.05, 3.63) is 23.8 Å². The van der Waals surface area contributed by atoms with Gasteiger partial charge in [0, 0.05) is 14.7 Å². The molecule has 1 atom stereocenters. The second kappa shape index (κ2) is 10.6. The molecule has 0 saturated carbocycles. The Morgan fingerprint density at radius 2 is 1.65 bits per heavy atom. The Bertz CT molecular complexity index is 371. The topological polar surface area (TPSA) is 29.5 Å². The van der Waals surface area contributed by atoms with Crippen LogP contribution in [0.1, 0.15) is 40.5 Å². The molecular weight excluding hydrogens is 316 g/mol. The lowest BCUT2D eigenvalue weighted by Gasteiger charge is -2.28. The number of aliphatic hydroxyl groups excluding tert-OH is 1. The van der Waals surface area contributed by atoms with Crippen molar-refractivity contribution in [1.82, 2.24) is 0 Å². The van der Waals surface area contributed by atoms with E-state index in [1.165, 1.54) is 23.7 Å². The molecule has 2 nitrogen and oxygen atoms in total. The van der Waals surface area contributed by atoms with Crippen molar-refractivity contribution in [3.63, 3.8) is 0 Å². The zero-order valence-corrected chi connectivity index (χ0v) is 18.7. The fraction of sp³-hybridized carbons (Fsp3) is 0.789. The van der Waals surface area contributed by atoms with Crippen LogP contribution in [-0.2, 0) is 4.43 Å². The van der Waals surface area contributed by atoms with Crippen LogP contribution in [0.2, 0.25) is 43.8 Å². The molecule has 0 aliphatic carbocycles. The Labute approximate surface area is 147 Å². The highest BCUT2D eigenvalue weighted by Crippen LogP contribution is 2.23. The summed E-state index contributed by atoms with van der Waals surface area (Å²) in [5, 5.41) is 10.3. The van der Waals surface area contributed by atoms with Crippen LogP contribution in [0.15, 0.2) is 23.8 Å². The van der Waals surface area contributed by atoms with Crippen molar-refractivity contribution >= 4 is 16.4 Å². The van der Waals surface area contributed by atoms with Gasteiger partial charge in [-0.1, -0.05) is 58.6 Å². The number of aliphatic hydroxyl groups is 1. The lowest BCUT2D eigenvalue weighted by atomic mass is 10.1. The molecule has 23 heavy (non-hydrogen) atoms. The van der Waals surface area contributed by atoms with Gasteiger partial charge in [0.05, 0.1) is 6.10 Å². The van der Waals surface area contributed by atoms with E-state index in [0.717, 1.165) is 31.1 Å². The van der Waals surface area contributed by atoms with Crippen LogP contribution < -0.4 is 0 Å². The molecule has 0 spiro atoms. The average molecular weight is 357 g/mol. The van der Waals surface area contributed by atoms with Crippen LogP contribution in [0.25, 0.3) is 0 Å². The second-order valence-corrected chi connectivity index (χ2v) is 18.3. The molecule has 0 radical (unpaired) electrons. The average Bonchev–Trinajstić information content (AvgIpc) is 2.46. The van der Waals surface area contributed by atoms with Gasteiger partial charge in [0.2, 0.25) is 0 Å². The standard InChI is InChI=1S/C19H40O2Si2/c1-9-23(10-2,11-3)21-14-12-13-17(4)15-19(20)18(5)16-22(6,7)8/h15,19-20H,5,9-14,16H2,1-4,6-8H3/b17-15+. The Kier molecular flexibility index (Phi) is 10.6. The molecule has 0 aromatic rings. The zero-order chi connectivity index (χ0) is 18.1. The highest BCUT2D eigenvalue weighted by atomic mass is 28.4. The van der Waals surface area contributed by atoms with Crippen molar-refractivity contribution in [3.8, 4) is 0 Å². The van der Waals surface area contributed by atoms with E-state index >= 15 is 0 Å². The maximum Gasteiger partial charge on any atom is 0.191 e. The summed E-state index contributed by atoms with van der Waals surface area (Å²) in [5.74, 6) is 0. The third-order valence-corrected chi connectivity index (χ3v) is 10.9. The van der Waals surface area contributed by atoms with E-state index in [4.69, 9.17) is 4.43 Å².